The third-order valence-corrected chi connectivity index (χ3v) is 6.20. The van der Waals surface area contributed by atoms with Crippen molar-refractivity contribution in [1.29, 1.82) is 0 Å². The maximum Gasteiger partial charge on any atom is 0.211 e. The predicted octanol–water partition coefficient (Wildman–Crippen LogP) is 2.32. The molecule has 2 atom stereocenters. The topological polar surface area (TPSA) is 65.2 Å². The van der Waals surface area contributed by atoms with Crippen molar-refractivity contribution >= 4 is 20.9 Å². The number of benzene rings is 1. The Bertz CT molecular complexity index is 769. The Kier molecular flexibility index (Phi) is 4.75. The van der Waals surface area contributed by atoms with Gasteiger partial charge in [0.25, 0.3) is 0 Å². The second kappa shape index (κ2) is 6.63. The van der Waals surface area contributed by atoms with Gasteiger partial charge in [-0.25, -0.2) is 12.7 Å². The van der Waals surface area contributed by atoms with E-state index >= 15 is 0 Å². The molecule has 1 fully saturated rings. The Morgan fingerprint density at radius 2 is 2.17 bits per heavy atom. The van der Waals surface area contributed by atoms with Crippen molar-refractivity contribution in [3.8, 4) is 0 Å². The number of nitrogens with zero attached hydrogens (tertiary/aromatic N) is 1. The van der Waals surface area contributed by atoms with Gasteiger partial charge in [0.05, 0.1) is 6.26 Å². The van der Waals surface area contributed by atoms with Crippen LogP contribution in [0.4, 0.5) is 0 Å². The minimum atomic E-state index is -3.08. The first-order valence-corrected chi connectivity index (χ1v) is 10.1. The molecule has 2 heterocycles. The molecule has 3 rings (SSSR count). The first-order valence-electron chi connectivity index (χ1n) is 8.22. The van der Waals surface area contributed by atoms with Gasteiger partial charge in [0.2, 0.25) is 10.0 Å². The number of rotatable bonds is 5. The Hall–Kier alpha value is -1.37. The second-order valence-corrected chi connectivity index (χ2v) is 8.40. The van der Waals surface area contributed by atoms with E-state index in [0.29, 0.717) is 25.0 Å². The van der Waals surface area contributed by atoms with Crippen LogP contribution in [0.5, 0.6) is 0 Å². The summed E-state index contributed by atoms with van der Waals surface area (Å²) < 4.78 is 25.1. The average molecular weight is 335 g/mol. The molecule has 1 aromatic heterocycles. The quantitative estimate of drug-likeness (QED) is 0.881. The smallest absolute Gasteiger partial charge is 0.211 e. The Morgan fingerprint density at radius 3 is 2.91 bits per heavy atom. The van der Waals surface area contributed by atoms with Gasteiger partial charge in [-0.2, -0.15) is 0 Å². The molecule has 0 unspecified atom stereocenters. The summed E-state index contributed by atoms with van der Waals surface area (Å²) in [6.07, 6.45) is 5.13. The Morgan fingerprint density at radius 1 is 1.35 bits per heavy atom. The van der Waals surface area contributed by atoms with Crippen LogP contribution in [0.25, 0.3) is 10.9 Å². The summed E-state index contributed by atoms with van der Waals surface area (Å²) in [7, 11) is -3.08. The molecule has 6 heteroatoms. The summed E-state index contributed by atoms with van der Waals surface area (Å²) in [5, 5.41) is 4.91. The van der Waals surface area contributed by atoms with Crippen LogP contribution in [0.2, 0.25) is 0 Å². The number of aromatic nitrogens is 1. The molecule has 2 N–H and O–H groups in total. The zero-order valence-corrected chi connectivity index (χ0v) is 14.6. The van der Waals surface area contributed by atoms with E-state index in [9.17, 15) is 8.42 Å². The van der Waals surface area contributed by atoms with E-state index < -0.39 is 10.0 Å². The zero-order valence-electron chi connectivity index (χ0n) is 13.7. The number of H-pyrrole nitrogens is 1. The molecular weight excluding hydrogens is 310 g/mol. The second-order valence-electron chi connectivity index (χ2n) is 6.42. The highest BCUT2D eigenvalue weighted by Crippen LogP contribution is 2.23. The lowest BCUT2D eigenvalue weighted by Crippen LogP contribution is -2.50. The summed E-state index contributed by atoms with van der Waals surface area (Å²) in [4.78, 5) is 3.24. The van der Waals surface area contributed by atoms with E-state index in [1.165, 1.54) is 17.2 Å². The van der Waals surface area contributed by atoms with Gasteiger partial charge in [0, 0.05) is 42.8 Å². The first kappa shape index (κ1) is 16.5. The summed E-state index contributed by atoms with van der Waals surface area (Å²) in [6, 6.07) is 8.77. The van der Waals surface area contributed by atoms with Gasteiger partial charge in [0.1, 0.15) is 0 Å². The number of fused-ring (bicyclic) bond motifs is 1. The van der Waals surface area contributed by atoms with Gasteiger partial charge >= 0.3 is 0 Å². The standard InChI is InChI=1S/C17H25N3O2S/c1-3-13-12-20(23(2,21)22)10-8-16(13)19-11-14-5-4-6-17-15(14)7-9-18-17/h4-7,9,13,16,18-19H,3,8,10-12H2,1-2H3/t13-,16-/m0/s1. The SMILES string of the molecule is CC[C@H]1CN(S(C)(=O)=O)CC[C@@H]1NCc1cccc2[nH]ccc12. The molecule has 23 heavy (non-hydrogen) atoms. The molecule has 2 aromatic rings. The third kappa shape index (κ3) is 3.59. The van der Waals surface area contributed by atoms with Gasteiger partial charge < -0.3 is 10.3 Å². The maximum atomic E-state index is 11.8. The fraction of sp³-hybridized carbons (Fsp3) is 0.529. The van der Waals surface area contributed by atoms with Gasteiger partial charge in [-0.15, -0.1) is 0 Å². The normalized spacial score (nSPS) is 23.4. The highest BCUT2D eigenvalue weighted by Gasteiger charge is 2.31. The minimum Gasteiger partial charge on any atom is -0.361 e. The number of hydrogen-bond acceptors (Lipinski definition) is 3. The van der Waals surface area contributed by atoms with Crippen LogP contribution in [-0.4, -0.2) is 43.1 Å². The van der Waals surface area contributed by atoms with Gasteiger partial charge in [0.15, 0.2) is 0 Å². The van der Waals surface area contributed by atoms with E-state index in [1.54, 1.807) is 4.31 Å². The Balaban J connectivity index is 1.67. The summed E-state index contributed by atoms with van der Waals surface area (Å²) in [5.41, 5.74) is 2.44. The number of sulfonamides is 1. The predicted molar refractivity (Wildman–Crippen MR) is 93.7 cm³/mol. The third-order valence-electron chi connectivity index (χ3n) is 4.93. The lowest BCUT2D eigenvalue weighted by Gasteiger charge is -2.37. The molecule has 0 spiro atoms. The van der Waals surface area contributed by atoms with Crippen molar-refractivity contribution in [2.24, 2.45) is 5.92 Å². The molecule has 0 saturated carbocycles. The molecule has 0 aliphatic carbocycles. The molecular formula is C17H25N3O2S. The molecule has 1 saturated heterocycles. The summed E-state index contributed by atoms with van der Waals surface area (Å²) in [6.45, 7) is 4.19. The van der Waals surface area contributed by atoms with E-state index in [1.807, 2.05) is 6.20 Å². The van der Waals surface area contributed by atoms with Crippen molar-refractivity contribution in [3.63, 3.8) is 0 Å². The first-order chi connectivity index (χ1) is 11.0. The average Bonchev–Trinajstić information content (AvgIpc) is 3.01. The van der Waals surface area contributed by atoms with Gasteiger partial charge in [-0.1, -0.05) is 25.5 Å². The minimum absolute atomic E-state index is 0.365. The molecule has 0 amide bonds. The van der Waals surface area contributed by atoms with E-state index in [2.05, 4.69) is 41.5 Å². The highest BCUT2D eigenvalue weighted by atomic mass is 32.2. The summed E-state index contributed by atoms with van der Waals surface area (Å²) >= 11 is 0. The number of nitrogens with one attached hydrogen (secondary N) is 2. The van der Waals surface area contributed by atoms with Crippen LogP contribution in [0, 0.1) is 5.92 Å². The van der Waals surface area contributed by atoms with Crippen molar-refractivity contribution in [3.05, 3.63) is 36.0 Å². The van der Waals surface area contributed by atoms with Crippen molar-refractivity contribution in [1.82, 2.24) is 14.6 Å². The summed E-state index contributed by atoms with van der Waals surface area (Å²) in [5.74, 6) is 0.365. The van der Waals surface area contributed by atoms with Crippen LogP contribution >= 0.6 is 0 Å². The molecule has 1 aromatic carbocycles. The highest BCUT2D eigenvalue weighted by molar-refractivity contribution is 7.88. The number of hydrogen-bond donors (Lipinski definition) is 2. The lowest BCUT2D eigenvalue weighted by atomic mass is 9.91. The van der Waals surface area contributed by atoms with Crippen molar-refractivity contribution in [2.75, 3.05) is 19.3 Å². The largest absolute Gasteiger partial charge is 0.361 e. The van der Waals surface area contributed by atoms with Crippen LogP contribution in [0.15, 0.2) is 30.5 Å². The molecule has 1 aliphatic heterocycles. The van der Waals surface area contributed by atoms with E-state index in [-0.39, 0.29) is 0 Å². The van der Waals surface area contributed by atoms with Crippen LogP contribution in [-0.2, 0) is 16.6 Å². The molecule has 5 nitrogen and oxygen atoms in total. The van der Waals surface area contributed by atoms with Crippen LogP contribution in [0.3, 0.4) is 0 Å². The molecule has 126 valence electrons. The molecule has 0 radical (unpaired) electrons. The Labute approximate surface area is 138 Å². The fourth-order valence-corrected chi connectivity index (χ4v) is 4.43. The maximum absolute atomic E-state index is 11.8. The van der Waals surface area contributed by atoms with Crippen LogP contribution < -0.4 is 5.32 Å². The molecule has 0 bridgehead atoms. The van der Waals surface area contributed by atoms with Gasteiger partial charge in [-0.05, 0) is 30.0 Å². The number of aromatic amines is 1. The zero-order chi connectivity index (χ0) is 16.4. The van der Waals surface area contributed by atoms with Crippen LogP contribution in [0.1, 0.15) is 25.3 Å². The van der Waals surface area contributed by atoms with E-state index in [0.717, 1.165) is 24.9 Å². The lowest BCUT2D eigenvalue weighted by molar-refractivity contribution is 0.202. The van der Waals surface area contributed by atoms with E-state index in [4.69, 9.17) is 0 Å². The fourth-order valence-electron chi connectivity index (χ4n) is 3.53. The van der Waals surface area contributed by atoms with Gasteiger partial charge in [-0.3, -0.25) is 0 Å². The van der Waals surface area contributed by atoms with Crippen molar-refractivity contribution in [2.45, 2.75) is 32.4 Å². The van der Waals surface area contributed by atoms with Crippen molar-refractivity contribution < 1.29 is 8.42 Å². The monoisotopic (exact) mass is 335 g/mol. The molecule has 1 aliphatic rings. The number of piperidine rings is 1.